The number of carbonyl (C=O) groups excluding carboxylic acids is 1. The van der Waals surface area contributed by atoms with Crippen LogP contribution in [0.5, 0.6) is 0 Å². The normalized spacial score (nSPS) is 11.0. The Bertz CT molecular complexity index is 601. The van der Waals surface area contributed by atoms with E-state index >= 15 is 0 Å². The molecule has 0 aromatic heterocycles. The number of benzene rings is 2. The van der Waals surface area contributed by atoms with Crippen LogP contribution in [0.1, 0.15) is 29.8 Å². The first-order valence-electron chi connectivity index (χ1n) is 7.05. The average Bonchev–Trinajstić information content (AvgIpc) is 2.48. The number of amides is 1. The van der Waals surface area contributed by atoms with Gasteiger partial charge >= 0.3 is 0 Å². The molecule has 1 N–H and O–H groups in total. The van der Waals surface area contributed by atoms with Crippen LogP contribution in [0.15, 0.2) is 54.6 Å². The Hall–Kier alpha value is -2.29. The van der Waals surface area contributed by atoms with Gasteiger partial charge in [0.15, 0.2) is 0 Å². The highest BCUT2D eigenvalue weighted by Crippen LogP contribution is 2.20. The molecule has 0 saturated heterocycles. The van der Waals surface area contributed by atoms with Gasteiger partial charge in [-0.05, 0) is 43.7 Å². The van der Waals surface area contributed by atoms with Crippen molar-refractivity contribution in [2.24, 2.45) is 0 Å². The van der Waals surface area contributed by atoms with Crippen LogP contribution in [0.3, 0.4) is 0 Å². The minimum atomic E-state index is -0.404. The van der Waals surface area contributed by atoms with Crippen LogP contribution in [0.25, 0.3) is 0 Å². The number of rotatable bonds is 4. The first kappa shape index (κ1) is 15.1. The predicted molar refractivity (Wildman–Crippen MR) is 87.7 cm³/mol. The van der Waals surface area contributed by atoms with Gasteiger partial charge < -0.3 is 10.2 Å². The third-order valence-electron chi connectivity index (χ3n) is 3.57. The zero-order valence-electron chi connectivity index (χ0n) is 13.1. The van der Waals surface area contributed by atoms with Gasteiger partial charge in [0.05, 0.1) is 5.54 Å². The molecule has 110 valence electrons. The lowest BCUT2D eigenvalue weighted by Crippen LogP contribution is -2.40. The number of carbonyl (C=O) groups is 1. The van der Waals surface area contributed by atoms with Crippen molar-refractivity contribution in [1.29, 1.82) is 0 Å². The minimum Gasteiger partial charge on any atom is -0.378 e. The first-order chi connectivity index (χ1) is 9.90. The summed E-state index contributed by atoms with van der Waals surface area (Å²) in [6.07, 6.45) is 0. The average molecular weight is 282 g/mol. The molecule has 21 heavy (non-hydrogen) atoms. The van der Waals surface area contributed by atoms with E-state index in [9.17, 15) is 4.79 Å². The molecule has 0 aliphatic heterocycles. The maximum Gasteiger partial charge on any atom is 0.251 e. The largest absolute Gasteiger partial charge is 0.378 e. The molecule has 2 aromatic carbocycles. The fourth-order valence-corrected chi connectivity index (χ4v) is 2.19. The maximum absolute atomic E-state index is 12.4. The first-order valence-corrected chi connectivity index (χ1v) is 7.05. The van der Waals surface area contributed by atoms with Gasteiger partial charge in [-0.25, -0.2) is 0 Å². The topological polar surface area (TPSA) is 32.3 Å². The highest BCUT2D eigenvalue weighted by Gasteiger charge is 2.23. The third-order valence-corrected chi connectivity index (χ3v) is 3.57. The highest BCUT2D eigenvalue weighted by molar-refractivity contribution is 5.95. The van der Waals surface area contributed by atoms with Gasteiger partial charge in [-0.3, -0.25) is 4.79 Å². The zero-order chi connectivity index (χ0) is 15.5. The van der Waals surface area contributed by atoms with Crippen LogP contribution in [0.4, 0.5) is 5.69 Å². The molecule has 0 atom stereocenters. The smallest absolute Gasteiger partial charge is 0.251 e. The summed E-state index contributed by atoms with van der Waals surface area (Å²) in [5, 5.41) is 3.08. The number of nitrogens with zero attached hydrogens (tertiary/aromatic N) is 1. The van der Waals surface area contributed by atoms with Crippen molar-refractivity contribution < 1.29 is 4.79 Å². The summed E-state index contributed by atoms with van der Waals surface area (Å²) in [7, 11) is 3.96. The van der Waals surface area contributed by atoms with Gasteiger partial charge in [0.2, 0.25) is 0 Å². The van der Waals surface area contributed by atoms with Gasteiger partial charge in [-0.1, -0.05) is 30.3 Å². The number of hydrogen-bond acceptors (Lipinski definition) is 2. The number of nitrogens with one attached hydrogen (secondary N) is 1. The fourth-order valence-electron chi connectivity index (χ4n) is 2.19. The molecular weight excluding hydrogens is 260 g/mol. The molecule has 0 fully saturated rings. The lowest BCUT2D eigenvalue weighted by molar-refractivity contribution is 0.0912. The Kier molecular flexibility index (Phi) is 4.32. The van der Waals surface area contributed by atoms with E-state index < -0.39 is 5.54 Å². The van der Waals surface area contributed by atoms with Crippen molar-refractivity contribution in [3.05, 3.63) is 65.7 Å². The Morgan fingerprint density at radius 3 is 2.05 bits per heavy atom. The minimum absolute atomic E-state index is 0.0610. The molecule has 0 bridgehead atoms. The molecule has 3 heteroatoms. The molecule has 0 spiro atoms. The van der Waals surface area contributed by atoms with Crippen LogP contribution in [-0.2, 0) is 5.54 Å². The van der Waals surface area contributed by atoms with Crippen LogP contribution in [0.2, 0.25) is 0 Å². The van der Waals surface area contributed by atoms with E-state index in [1.54, 1.807) is 0 Å². The molecule has 3 nitrogen and oxygen atoms in total. The second-order valence-corrected chi connectivity index (χ2v) is 5.89. The molecule has 0 unspecified atom stereocenters. The van der Waals surface area contributed by atoms with Crippen molar-refractivity contribution in [2.75, 3.05) is 19.0 Å². The van der Waals surface area contributed by atoms with E-state index in [1.165, 1.54) is 0 Å². The molecule has 1 amide bonds. The molecule has 0 aliphatic carbocycles. The van der Waals surface area contributed by atoms with Gasteiger partial charge in [0.1, 0.15) is 0 Å². The summed E-state index contributed by atoms with van der Waals surface area (Å²) in [6.45, 7) is 4.02. The molecule has 0 saturated carbocycles. The quantitative estimate of drug-likeness (QED) is 0.932. The summed E-state index contributed by atoms with van der Waals surface area (Å²) in [5.41, 5.74) is 2.43. The predicted octanol–water partition coefficient (Wildman–Crippen LogP) is 3.42. The van der Waals surface area contributed by atoms with E-state index in [2.05, 4.69) is 5.32 Å². The lowest BCUT2D eigenvalue weighted by atomic mass is 9.94. The van der Waals surface area contributed by atoms with Gasteiger partial charge in [-0.15, -0.1) is 0 Å². The van der Waals surface area contributed by atoms with Crippen molar-refractivity contribution in [3.63, 3.8) is 0 Å². The maximum atomic E-state index is 12.4. The van der Waals surface area contributed by atoms with E-state index in [4.69, 9.17) is 0 Å². The second kappa shape index (κ2) is 6.00. The highest BCUT2D eigenvalue weighted by atomic mass is 16.1. The third kappa shape index (κ3) is 3.63. The summed E-state index contributed by atoms with van der Waals surface area (Å²) >= 11 is 0. The summed E-state index contributed by atoms with van der Waals surface area (Å²) in [6, 6.07) is 17.6. The van der Waals surface area contributed by atoms with Crippen LogP contribution < -0.4 is 10.2 Å². The van der Waals surface area contributed by atoms with Crippen molar-refractivity contribution in [1.82, 2.24) is 5.32 Å². The Morgan fingerprint density at radius 1 is 0.952 bits per heavy atom. The van der Waals surface area contributed by atoms with E-state index in [0.29, 0.717) is 5.56 Å². The van der Waals surface area contributed by atoms with E-state index in [-0.39, 0.29) is 5.91 Å². The molecule has 2 rings (SSSR count). The van der Waals surface area contributed by atoms with Crippen molar-refractivity contribution in [3.8, 4) is 0 Å². The lowest BCUT2D eigenvalue weighted by Gasteiger charge is -2.27. The SMILES string of the molecule is CN(C)c1ccc(C(=O)NC(C)(C)c2ccccc2)cc1. The molecule has 0 aliphatic rings. The van der Waals surface area contributed by atoms with Crippen LogP contribution >= 0.6 is 0 Å². The van der Waals surface area contributed by atoms with E-state index in [1.807, 2.05) is 87.4 Å². The van der Waals surface area contributed by atoms with Crippen molar-refractivity contribution in [2.45, 2.75) is 19.4 Å². The zero-order valence-corrected chi connectivity index (χ0v) is 13.1. The van der Waals surface area contributed by atoms with Gasteiger partial charge in [-0.2, -0.15) is 0 Å². The summed E-state index contributed by atoms with van der Waals surface area (Å²) < 4.78 is 0. The number of hydrogen-bond donors (Lipinski definition) is 1. The Balaban J connectivity index is 2.14. The molecule has 2 aromatic rings. The number of anilines is 1. The molecule has 0 radical (unpaired) electrons. The second-order valence-electron chi connectivity index (χ2n) is 5.89. The van der Waals surface area contributed by atoms with Gasteiger partial charge in [0.25, 0.3) is 5.91 Å². The molecule has 0 heterocycles. The monoisotopic (exact) mass is 282 g/mol. The standard InChI is InChI=1S/C18H22N2O/c1-18(2,15-8-6-5-7-9-15)19-17(21)14-10-12-16(13-11-14)20(3)4/h5-13H,1-4H3,(H,19,21). The fraction of sp³-hybridized carbons (Fsp3) is 0.278. The van der Waals surface area contributed by atoms with Crippen molar-refractivity contribution >= 4 is 11.6 Å². The summed E-state index contributed by atoms with van der Waals surface area (Å²) in [5.74, 6) is -0.0610. The van der Waals surface area contributed by atoms with E-state index in [0.717, 1.165) is 11.3 Å². The van der Waals surface area contributed by atoms with Crippen LogP contribution in [0, 0.1) is 0 Å². The molecular formula is C18H22N2O. The Labute approximate surface area is 126 Å². The summed E-state index contributed by atoms with van der Waals surface area (Å²) in [4.78, 5) is 14.4. The van der Waals surface area contributed by atoms with Crippen LogP contribution in [-0.4, -0.2) is 20.0 Å². The Morgan fingerprint density at radius 2 is 1.52 bits per heavy atom. The van der Waals surface area contributed by atoms with Gasteiger partial charge in [0, 0.05) is 25.3 Å².